The van der Waals surface area contributed by atoms with E-state index in [4.69, 9.17) is 11.6 Å². The molecule has 106 valence electrons. The zero-order chi connectivity index (χ0) is 14.3. The molecule has 5 heteroatoms. The van der Waals surface area contributed by atoms with Crippen molar-refractivity contribution in [3.8, 4) is 0 Å². The average molecular weight is 302 g/mol. The van der Waals surface area contributed by atoms with E-state index in [-0.39, 0.29) is 12.0 Å². The van der Waals surface area contributed by atoms with E-state index in [1.807, 2.05) is 24.3 Å². The van der Waals surface area contributed by atoms with Gasteiger partial charge < -0.3 is 10.0 Å². The first-order chi connectivity index (χ1) is 8.99. The van der Waals surface area contributed by atoms with E-state index >= 15 is 0 Å². The lowest BCUT2D eigenvalue weighted by atomic mass is 10.2. The molecule has 0 saturated carbocycles. The molecule has 0 aliphatic carbocycles. The van der Waals surface area contributed by atoms with E-state index in [1.165, 1.54) is 0 Å². The Kier molecular flexibility index (Phi) is 7.28. The average Bonchev–Trinajstić information content (AvgIpc) is 2.35. The topological polar surface area (TPSA) is 40.5 Å². The van der Waals surface area contributed by atoms with Gasteiger partial charge in [-0.1, -0.05) is 23.7 Å². The van der Waals surface area contributed by atoms with Crippen LogP contribution in [-0.4, -0.2) is 41.4 Å². The molecule has 0 aliphatic rings. The molecule has 1 unspecified atom stereocenters. The van der Waals surface area contributed by atoms with Gasteiger partial charge in [0, 0.05) is 24.4 Å². The maximum absolute atomic E-state index is 11.8. The van der Waals surface area contributed by atoms with Gasteiger partial charge in [-0.15, -0.1) is 11.8 Å². The van der Waals surface area contributed by atoms with Gasteiger partial charge in [0.2, 0.25) is 5.91 Å². The number of benzene rings is 1. The smallest absolute Gasteiger partial charge is 0.232 e. The SMILES string of the molecule is CC(O)CCN(C)C(=O)CSCc1cccc(Cl)c1. The minimum Gasteiger partial charge on any atom is -0.393 e. The molecule has 0 aliphatic heterocycles. The fourth-order valence-corrected chi connectivity index (χ4v) is 2.62. The van der Waals surface area contributed by atoms with Crippen LogP contribution in [-0.2, 0) is 10.5 Å². The van der Waals surface area contributed by atoms with Gasteiger partial charge >= 0.3 is 0 Å². The van der Waals surface area contributed by atoms with E-state index in [2.05, 4.69) is 0 Å². The van der Waals surface area contributed by atoms with Crippen LogP contribution in [0.3, 0.4) is 0 Å². The van der Waals surface area contributed by atoms with E-state index in [9.17, 15) is 9.90 Å². The third-order valence-corrected chi connectivity index (χ3v) is 3.91. The molecule has 0 heterocycles. The summed E-state index contributed by atoms with van der Waals surface area (Å²) in [5.41, 5.74) is 1.12. The first kappa shape index (κ1) is 16.3. The van der Waals surface area contributed by atoms with Crippen LogP contribution in [0.2, 0.25) is 5.02 Å². The van der Waals surface area contributed by atoms with Crippen molar-refractivity contribution in [3.63, 3.8) is 0 Å². The first-order valence-corrected chi connectivity index (χ1v) is 7.76. The maximum Gasteiger partial charge on any atom is 0.232 e. The zero-order valence-corrected chi connectivity index (χ0v) is 12.9. The Balaban J connectivity index is 2.26. The molecule has 0 bridgehead atoms. The first-order valence-electron chi connectivity index (χ1n) is 6.23. The summed E-state index contributed by atoms with van der Waals surface area (Å²) in [4.78, 5) is 13.5. The molecule has 0 fully saturated rings. The zero-order valence-electron chi connectivity index (χ0n) is 11.3. The molecule has 3 nitrogen and oxygen atoms in total. The largest absolute Gasteiger partial charge is 0.393 e. The lowest BCUT2D eigenvalue weighted by Crippen LogP contribution is -2.30. The normalized spacial score (nSPS) is 12.2. The van der Waals surface area contributed by atoms with Crippen molar-refractivity contribution in [2.45, 2.75) is 25.2 Å². The Bertz CT molecular complexity index is 412. The number of nitrogens with zero attached hydrogens (tertiary/aromatic N) is 1. The summed E-state index contributed by atoms with van der Waals surface area (Å²) in [7, 11) is 1.77. The third-order valence-electron chi connectivity index (χ3n) is 2.69. The Morgan fingerprint density at radius 1 is 1.53 bits per heavy atom. The van der Waals surface area contributed by atoms with Crippen LogP contribution in [0.1, 0.15) is 18.9 Å². The van der Waals surface area contributed by atoms with Gasteiger partial charge in [-0.2, -0.15) is 0 Å². The van der Waals surface area contributed by atoms with E-state index < -0.39 is 0 Å². The predicted molar refractivity (Wildman–Crippen MR) is 81.5 cm³/mol. The molecule has 1 atom stereocenters. The summed E-state index contributed by atoms with van der Waals surface area (Å²) in [5, 5.41) is 9.90. The third kappa shape index (κ3) is 6.85. The number of thioether (sulfide) groups is 1. The summed E-state index contributed by atoms with van der Waals surface area (Å²) < 4.78 is 0. The molecule has 0 aromatic heterocycles. The molecular formula is C14H20ClNO2S. The van der Waals surface area contributed by atoms with Crippen molar-refractivity contribution in [2.75, 3.05) is 19.3 Å². The van der Waals surface area contributed by atoms with Crippen molar-refractivity contribution in [2.24, 2.45) is 0 Å². The molecule has 1 aromatic carbocycles. The fourth-order valence-electron chi connectivity index (χ4n) is 1.50. The van der Waals surface area contributed by atoms with Crippen molar-refractivity contribution >= 4 is 29.3 Å². The Hall–Kier alpha value is -0.710. The van der Waals surface area contributed by atoms with Crippen LogP contribution >= 0.6 is 23.4 Å². The van der Waals surface area contributed by atoms with E-state index in [0.29, 0.717) is 18.7 Å². The highest BCUT2D eigenvalue weighted by molar-refractivity contribution is 7.99. The van der Waals surface area contributed by atoms with Crippen LogP contribution in [0.25, 0.3) is 0 Å². The van der Waals surface area contributed by atoms with Gasteiger partial charge in [-0.05, 0) is 31.0 Å². The summed E-state index contributed by atoms with van der Waals surface area (Å²) in [6, 6.07) is 7.66. The highest BCUT2D eigenvalue weighted by atomic mass is 35.5. The molecule has 1 rings (SSSR count). The molecule has 1 aromatic rings. The number of aliphatic hydroxyl groups is 1. The molecule has 1 N–H and O–H groups in total. The van der Waals surface area contributed by atoms with Gasteiger partial charge in [0.25, 0.3) is 0 Å². The van der Waals surface area contributed by atoms with Crippen molar-refractivity contribution < 1.29 is 9.90 Å². The highest BCUT2D eigenvalue weighted by Gasteiger charge is 2.09. The van der Waals surface area contributed by atoms with Crippen molar-refractivity contribution in [3.05, 3.63) is 34.9 Å². The van der Waals surface area contributed by atoms with Crippen molar-refractivity contribution in [1.82, 2.24) is 4.90 Å². The van der Waals surface area contributed by atoms with Gasteiger partial charge in [-0.3, -0.25) is 4.79 Å². The Morgan fingerprint density at radius 3 is 2.89 bits per heavy atom. The lowest BCUT2D eigenvalue weighted by Gasteiger charge is -2.17. The van der Waals surface area contributed by atoms with Crippen molar-refractivity contribution in [1.29, 1.82) is 0 Å². The second-order valence-corrected chi connectivity index (χ2v) is 6.00. The second kappa shape index (κ2) is 8.46. The summed E-state index contributed by atoms with van der Waals surface area (Å²) in [5.74, 6) is 1.31. The predicted octanol–water partition coefficient (Wildman–Crippen LogP) is 2.80. The molecule has 0 spiro atoms. The summed E-state index contributed by atoms with van der Waals surface area (Å²) in [6.07, 6.45) is 0.246. The summed E-state index contributed by atoms with van der Waals surface area (Å²) >= 11 is 7.47. The number of carbonyl (C=O) groups excluding carboxylic acids is 1. The number of amides is 1. The minimum atomic E-state index is -0.366. The molecule has 0 radical (unpaired) electrons. The standard InChI is InChI=1S/C14H20ClNO2S/c1-11(17)6-7-16(2)14(18)10-19-9-12-4-3-5-13(15)8-12/h3-5,8,11,17H,6-7,9-10H2,1-2H3. The minimum absolute atomic E-state index is 0.0904. The van der Waals surface area contributed by atoms with Crippen LogP contribution in [0, 0.1) is 0 Å². The Morgan fingerprint density at radius 2 is 2.26 bits per heavy atom. The Labute approximate surface area is 123 Å². The van der Waals surface area contributed by atoms with Gasteiger partial charge in [0.15, 0.2) is 0 Å². The van der Waals surface area contributed by atoms with Gasteiger partial charge in [-0.25, -0.2) is 0 Å². The van der Waals surface area contributed by atoms with E-state index in [0.717, 1.165) is 16.3 Å². The number of carbonyl (C=O) groups is 1. The second-order valence-electron chi connectivity index (χ2n) is 4.58. The molecule has 1 amide bonds. The van der Waals surface area contributed by atoms with Crippen LogP contribution < -0.4 is 0 Å². The highest BCUT2D eigenvalue weighted by Crippen LogP contribution is 2.16. The lowest BCUT2D eigenvalue weighted by molar-refractivity contribution is -0.127. The quantitative estimate of drug-likeness (QED) is 0.842. The number of rotatable bonds is 7. The monoisotopic (exact) mass is 301 g/mol. The van der Waals surface area contributed by atoms with Crippen LogP contribution in [0.5, 0.6) is 0 Å². The van der Waals surface area contributed by atoms with Gasteiger partial charge in [0.1, 0.15) is 0 Å². The molecular weight excluding hydrogens is 282 g/mol. The molecule has 19 heavy (non-hydrogen) atoms. The van der Waals surface area contributed by atoms with Crippen LogP contribution in [0.4, 0.5) is 0 Å². The summed E-state index contributed by atoms with van der Waals surface area (Å²) in [6.45, 7) is 2.32. The number of hydrogen-bond acceptors (Lipinski definition) is 3. The molecule has 0 saturated heterocycles. The maximum atomic E-state index is 11.8. The number of hydrogen-bond donors (Lipinski definition) is 1. The van der Waals surface area contributed by atoms with Gasteiger partial charge in [0.05, 0.1) is 11.9 Å². The number of halogens is 1. The fraction of sp³-hybridized carbons (Fsp3) is 0.500. The number of aliphatic hydroxyl groups excluding tert-OH is 1. The van der Waals surface area contributed by atoms with Crippen LogP contribution in [0.15, 0.2) is 24.3 Å². The van der Waals surface area contributed by atoms with E-state index in [1.54, 1.807) is 30.6 Å².